The topological polar surface area (TPSA) is 57.7 Å². The van der Waals surface area contributed by atoms with E-state index in [4.69, 9.17) is 0 Å². The number of carbonyl (C=O) groups is 1. The average molecular weight is 425 g/mol. The molecule has 3 aromatic carbocycles. The van der Waals surface area contributed by atoms with Crippen molar-refractivity contribution in [1.29, 1.82) is 0 Å². The van der Waals surface area contributed by atoms with E-state index < -0.39 is 10.0 Å². The third kappa shape index (κ3) is 4.89. The second-order valence-corrected chi connectivity index (χ2v) is 9.58. The summed E-state index contributed by atoms with van der Waals surface area (Å²) in [6, 6.07) is 22.4. The van der Waals surface area contributed by atoms with Gasteiger partial charge < -0.3 is 4.90 Å². The highest BCUT2D eigenvalue weighted by molar-refractivity contribution is 7.89. The van der Waals surface area contributed by atoms with Crippen LogP contribution < -0.4 is 0 Å². The number of fused-ring (bicyclic) bond motifs is 1. The first-order valence-corrected chi connectivity index (χ1v) is 11.6. The van der Waals surface area contributed by atoms with Gasteiger partial charge in [-0.3, -0.25) is 4.79 Å². The summed E-state index contributed by atoms with van der Waals surface area (Å²) in [6.07, 6.45) is 0.791. The van der Waals surface area contributed by atoms with Gasteiger partial charge in [0.25, 0.3) is 0 Å². The van der Waals surface area contributed by atoms with Crippen LogP contribution in [0.15, 0.2) is 77.7 Å². The van der Waals surface area contributed by atoms with Crippen molar-refractivity contribution in [2.45, 2.75) is 37.8 Å². The van der Waals surface area contributed by atoms with Crippen LogP contribution in [0.3, 0.4) is 0 Å². The van der Waals surface area contributed by atoms with Crippen molar-refractivity contribution in [3.8, 4) is 0 Å². The zero-order chi connectivity index (χ0) is 21.7. The van der Waals surface area contributed by atoms with Crippen molar-refractivity contribution >= 4 is 26.7 Å². The predicted octanol–water partition coefficient (Wildman–Crippen LogP) is 4.29. The zero-order valence-electron chi connectivity index (χ0n) is 17.7. The maximum absolute atomic E-state index is 13.1. The van der Waals surface area contributed by atoms with Crippen LogP contribution >= 0.6 is 0 Å². The van der Waals surface area contributed by atoms with E-state index in [0.717, 1.165) is 27.1 Å². The molecular weight excluding hydrogens is 396 g/mol. The van der Waals surface area contributed by atoms with Crippen molar-refractivity contribution in [3.63, 3.8) is 0 Å². The van der Waals surface area contributed by atoms with Crippen LogP contribution in [0.1, 0.15) is 25.8 Å². The van der Waals surface area contributed by atoms with E-state index >= 15 is 0 Å². The normalized spacial score (nSPS) is 12.8. The highest BCUT2D eigenvalue weighted by atomic mass is 32.2. The average Bonchev–Trinajstić information content (AvgIpc) is 2.77. The van der Waals surface area contributed by atoms with Crippen molar-refractivity contribution in [2.75, 3.05) is 13.6 Å². The number of benzene rings is 3. The van der Waals surface area contributed by atoms with Crippen molar-refractivity contribution in [2.24, 2.45) is 0 Å². The maximum Gasteiger partial charge on any atom is 0.243 e. The molecule has 3 aromatic rings. The van der Waals surface area contributed by atoms with Gasteiger partial charge in [-0.1, -0.05) is 67.6 Å². The highest BCUT2D eigenvalue weighted by Gasteiger charge is 2.27. The Morgan fingerprint density at radius 1 is 0.933 bits per heavy atom. The number of hydrogen-bond donors (Lipinski definition) is 0. The van der Waals surface area contributed by atoms with Gasteiger partial charge in [0.05, 0.1) is 11.4 Å². The second-order valence-electron chi connectivity index (χ2n) is 7.53. The van der Waals surface area contributed by atoms with Gasteiger partial charge in [0.1, 0.15) is 0 Å². The number of sulfonamides is 1. The molecule has 0 radical (unpaired) electrons. The zero-order valence-corrected chi connectivity index (χ0v) is 18.5. The van der Waals surface area contributed by atoms with E-state index in [2.05, 4.69) is 0 Å². The minimum absolute atomic E-state index is 0.00878. The lowest BCUT2D eigenvalue weighted by Gasteiger charge is -2.30. The Morgan fingerprint density at radius 2 is 1.57 bits per heavy atom. The fraction of sp³-hybridized carbons (Fsp3) is 0.292. The van der Waals surface area contributed by atoms with Crippen LogP contribution in [-0.4, -0.2) is 43.2 Å². The molecule has 0 aliphatic carbocycles. The molecule has 30 heavy (non-hydrogen) atoms. The summed E-state index contributed by atoms with van der Waals surface area (Å²) in [4.78, 5) is 15.0. The van der Waals surface area contributed by atoms with Gasteiger partial charge in [-0.2, -0.15) is 4.31 Å². The molecule has 1 atom stereocenters. The van der Waals surface area contributed by atoms with E-state index in [1.807, 2.05) is 68.4 Å². The molecule has 6 heteroatoms. The Bertz CT molecular complexity index is 1110. The molecule has 0 fully saturated rings. The van der Waals surface area contributed by atoms with Gasteiger partial charge in [0.15, 0.2) is 0 Å². The summed E-state index contributed by atoms with van der Waals surface area (Å²) in [5.74, 6) is -0.208. The van der Waals surface area contributed by atoms with Crippen LogP contribution in [-0.2, 0) is 21.4 Å². The van der Waals surface area contributed by atoms with E-state index in [-0.39, 0.29) is 23.4 Å². The summed E-state index contributed by atoms with van der Waals surface area (Å²) < 4.78 is 27.3. The fourth-order valence-electron chi connectivity index (χ4n) is 3.36. The van der Waals surface area contributed by atoms with Crippen LogP contribution in [0.25, 0.3) is 10.8 Å². The fourth-order valence-corrected chi connectivity index (χ4v) is 4.52. The van der Waals surface area contributed by atoms with Crippen molar-refractivity contribution in [3.05, 3.63) is 78.4 Å². The molecule has 1 amide bonds. The Balaban J connectivity index is 1.80. The second kappa shape index (κ2) is 9.41. The lowest BCUT2D eigenvalue weighted by Crippen LogP contribution is -2.44. The number of hydrogen-bond acceptors (Lipinski definition) is 3. The van der Waals surface area contributed by atoms with E-state index in [1.54, 1.807) is 23.1 Å². The molecule has 0 bridgehead atoms. The Hall–Kier alpha value is -2.70. The predicted molar refractivity (Wildman–Crippen MR) is 121 cm³/mol. The lowest BCUT2D eigenvalue weighted by molar-refractivity contribution is -0.134. The molecule has 0 saturated carbocycles. The van der Waals surface area contributed by atoms with E-state index in [9.17, 15) is 13.2 Å². The summed E-state index contributed by atoms with van der Waals surface area (Å²) in [5, 5.41) is 1.82. The maximum atomic E-state index is 13.1. The van der Waals surface area contributed by atoms with E-state index in [0.29, 0.717) is 6.54 Å². The number of rotatable bonds is 8. The van der Waals surface area contributed by atoms with Crippen LogP contribution in [0.2, 0.25) is 0 Å². The van der Waals surface area contributed by atoms with Gasteiger partial charge in [-0.05, 0) is 41.8 Å². The minimum atomic E-state index is -3.78. The molecule has 158 valence electrons. The molecule has 0 aliphatic heterocycles. The minimum Gasteiger partial charge on any atom is -0.335 e. The van der Waals surface area contributed by atoms with Gasteiger partial charge in [0.2, 0.25) is 15.9 Å². The highest BCUT2D eigenvalue weighted by Crippen LogP contribution is 2.22. The van der Waals surface area contributed by atoms with Gasteiger partial charge in [0, 0.05) is 19.6 Å². The molecule has 3 rings (SSSR count). The van der Waals surface area contributed by atoms with Crippen LogP contribution in [0, 0.1) is 0 Å². The van der Waals surface area contributed by atoms with Crippen molar-refractivity contribution < 1.29 is 13.2 Å². The summed E-state index contributed by atoms with van der Waals surface area (Å²) in [6.45, 7) is 4.26. The summed E-state index contributed by atoms with van der Waals surface area (Å²) in [5.41, 5.74) is 1.02. The molecule has 0 N–H and O–H groups in total. The van der Waals surface area contributed by atoms with Gasteiger partial charge in [-0.15, -0.1) is 0 Å². The first kappa shape index (κ1) is 22.0. The Labute approximate surface area is 179 Å². The van der Waals surface area contributed by atoms with Crippen molar-refractivity contribution in [1.82, 2.24) is 9.21 Å². The number of nitrogens with zero attached hydrogens (tertiary/aromatic N) is 2. The molecule has 0 aliphatic rings. The molecule has 5 nitrogen and oxygen atoms in total. The largest absolute Gasteiger partial charge is 0.335 e. The van der Waals surface area contributed by atoms with Crippen LogP contribution in [0.4, 0.5) is 0 Å². The summed E-state index contributed by atoms with van der Waals surface area (Å²) >= 11 is 0. The first-order valence-electron chi connectivity index (χ1n) is 10.1. The number of likely N-dealkylation sites (N-methyl/N-ethyl adjacent to an activating group) is 1. The molecule has 1 unspecified atom stereocenters. The summed E-state index contributed by atoms with van der Waals surface area (Å²) in [7, 11) is -2.32. The number of carbonyl (C=O) groups excluding carboxylic acids is 1. The third-order valence-corrected chi connectivity index (χ3v) is 7.23. The van der Waals surface area contributed by atoms with Gasteiger partial charge >= 0.3 is 0 Å². The first-order chi connectivity index (χ1) is 14.3. The molecule has 0 aromatic heterocycles. The smallest absolute Gasteiger partial charge is 0.243 e. The standard InChI is InChI=1S/C24H28N2O3S/c1-4-19(2)26(17-20-10-6-5-7-11-20)24(27)18-25(3)30(28,29)23-15-14-21-12-8-9-13-22(21)16-23/h5-16,19H,4,17-18H2,1-3H3. The lowest BCUT2D eigenvalue weighted by atomic mass is 10.1. The Kier molecular flexibility index (Phi) is 6.90. The monoisotopic (exact) mass is 424 g/mol. The van der Waals surface area contributed by atoms with Gasteiger partial charge in [-0.25, -0.2) is 8.42 Å². The molecule has 0 spiro atoms. The molecule has 0 saturated heterocycles. The van der Waals surface area contributed by atoms with E-state index in [1.165, 1.54) is 7.05 Å². The molecular formula is C24H28N2O3S. The third-order valence-electron chi connectivity index (χ3n) is 5.43. The quantitative estimate of drug-likeness (QED) is 0.542. The Morgan fingerprint density at radius 3 is 2.23 bits per heavy atom. The molecule has 0 heterocycles. The number of amides is 1. The SMILES string of the molecule is CCC(C)N(Cc1ccccc1)C(=O)CN(C)S(=O)(=O)c1ccc2ccccc2c1. The van der Waals surface area contributed by atoms with Crippen LogP contribution in [0.5, 0.6) is 0 Å².